The van der Waals surface area contributed by atoms with Gasteiger partial charge in [-0.05, 0) is 43.8 Å². The molecule has 36 heavy (non-hydrogen) atoms. The van der Waals surface area contributed by atoms with Gasteiger partial charge in [-0.15, -0.1) is 0 Å². The maximum Gasteiger partial charge on any atom is 0.290 e. The molecule has 1 amide bonds. The molecule has 3 aromatic heterocycles. The van der Waals surface area contributed by atoms with E-state index >= 15 is 0 Å². The van der Waals surface area contributed by atoms with Crippen LogP contribution in [0.2, 0.25) is 0 Å². The van der Waals surface area contributed by atoms with Crippen molar-refractivity contribution in [3.8, 4) is 17.0 Å². The summed E-state index contributed by atoms with van der Waals surface area (Å²) in [6, 6.07) is 12.4. The number of carboxylic acid groups (broad SMARTS) is 1. The Morgan fingerprint density at radius 1 is 1.17 bits per heavy atom. The summed E-state index contributed by atoms with van der Waals surface area (Å²) in [5.74, 6) is 0.523. The maximum atomic E-state index is 13.2. The molecule has 2 N–H and O–H groups in total. The Morgan fingerprint density at radius 2 is 1.92 bits per heavy atom. The Balaban J connectivity index is 0.000000967. The van der Waals surface area contributed by atoms with E-state index in [4.69, 9.17) is 14.6 Å². The molecule has 0 aliphatic carbocycles. The zero-order valence-electron chi connectivity index (χ0n) is 20.4. The van der Waals surface area contributed by atoms with E-state index in [-0.39, 0.29) is 12.4 Å². The molecule has 10 heteroatoms. The van der Waals surface area contributed by atoms with Crippen LogP contribution in [-0.4, -0.2) is 75.0 Å². The number of pyridine rings is 1. The minimum absolute atomic E-state index is 0.0641. The number of hydrogen-bond donors (Lipinski definition) is 2. The van der Waals surface area contributed by atoms with Gasteiger partial charge in [0.25, 0.3) is 12.4 Å². The van der Waals surface area contributed by atoms with Crippen LogP contribution < -0.4 is 4.74 Å². The van der Waals surface area contributed by atoms with Crippen LogP contribution in [0.25, 0.3) is 22.2 Å². The number of carbonyl (C=O) groups is 2. The van der Waals surface area contributed by atoms with Crippen molar-refractivity contribution in [3.63, 3.8) is 0 Å². The average molecular weight is 489 g/mol. The number of aromatic amines is 1. The van der Waals surface area contributed by atoms with E-state index in [9.17, 15) is 4.79 Å². The zero-order chi connectivity index (χ0) is 25.7. The summed E-state index contributed by atoms with van der Waals surface area (Å²) >= 11 is 0. The number of nitrogens with one attached hydrogen (secondary N) is 1. The van der Waals surface area contributed by atoms with Crippen molar-refractivity contribution >= 4 is 23.4 Å². The first-order chi connectivity index (χ1) is 17.4. The number of fused-ring (bicyclic) bond motifs is 2. The van der Waals surface area contributed by atoms with E-state index in [2.05, 4.69) is 63.2 Å². The lowest BCUT2D eigenvalue weighted by Gasteiger charge is -2.28. The Hall–Kier alpha value is -4.31. The average Bonchev–Trinajstić information content (AvgIpc) is 3.31. The predicted octanol–water partition coefficient (Wildman–Crippen LogP) is 2.99. The normalized spacial score (nSPS) is 12.6. The van der Waals surface area contributed by atoms with Gasteiger partial charge in [-0.2, -0.15) is 0 Å². The molecule has 1 aromatic carbocycles. The highest BCUT2D eigenvalue weighted by molar-refractivity contribution is 5.97. The summed E-state index contributed by atoms with van der Waals surface area (Å²) in [6.07, 6.45) is 4.00. The van der Waals surface area contributed by atoms with E-state index in [1.165, 1.54) is 11.9 Å². The van der Waals surface area contributed by atoms with Crippen molar-refractivity contribution in [1.29, 1.82) is 0 Å². The van der Waals surface area contributed by atoms with Crippen molar-refractivity contribution in [3.05, 3.63) is 71.4 Å². The van der Waals surface area contributed by atoms with Gasteiger partial charge in [0, 0.05) is 30.4 Å². The van der Waals surface area contributed by atoms with Gasteiger partial charge in [-0.1, -0.05) is 24.3 Å². The van der Waals surface area contributed by atoms with Gasteiger partial charge in [0.15, 0.2) is 0 Å². The Labute approximate surface area is 208 Å². The third kappa shape index (κ3) is 5.33. The van der Waals surface area contributed by atoms with Crippen molar-refractivity contribution in [2.75, 3.05) is 27.7 Å². The molecule has 5 rings (SSSR count). The fraction of sp³-hybridized carbons (Fsp3) is 0.269. The summed E-state index contributed by atoms with van der Waals surface area (Å²) in [7, 11) is 5.72. The Kier molecular flexibility index (Phi) is 7.55. The van der Waals surface area contributed by atoms with Gasteiger partial charge in [-0.25, -0.2) is 9.97 Å². The molecule has 0 saturated carbocycles. The lowest BCUT2D eigenvalue weighted by Crippen LogP contribution is -2.36. The monoisotopic (exact) mass is 488 g/mol. The first-order valence-corrected chi connectivity index (χ1v) is 11.4. The molecule has 4 aromatic rings. The smallest absolute Gasteiger partial charge is 0.290 e. The Bertz CT molecular complexity index is 1370. The van der Waals surface area contributed by atoms with Gasteiger partial charge in [0.1, 0.15) is 12.0 Å². The molecule has 0 saturated heterocycles. The van der Waals surface area contributed by atoms with Gasteiger partial charge >= 0.3 is 0 Å². The summed E-state index contributed by atoms with van der Waals surface area (Å²) in [4.78, 5) is 41.9. The van der Waals surface area contributed by atoms with Crippen molar-refractivity contribution in [2.45, 2.75) is 19.5 Å². The van der Waals surface area contributed by atoms with Crippen molar-refractivity contribution < 1.29 is 19.4 Å². The number of carbonyl (C=O) groups excluding carboxylic acids is 1. The van der Waals surface area contributed by atoms with E-state index in [0.717, 1.165) is 40.0 Å². The predicted molar refractivity (Wildman–Crippen MR) is 135 cm³/mol. The molecule has 0 unspecified atom stereocenters. The molecule has 0 radical (unpaired) electrons. The van der Waals surface area contributed by atoms with Crippen LogP contribution in [0.15, 0.2) is 48.9 Å². The SMILES string of the molecule is COc1ncnc2c1CCN(C(=O)c1cc3ncc(-c4ccc(CN(C)C)cc4)cc3[nH]1)C2.O=CO. The first-order valence-electron chi connectivity index (χ1n) is 11.4. The van der Waals surface area contributed by atoms with Crippen molar-refractivity contribution in [1.82, 2.24) is 29.7 Å². The van der Waals surface area contributed by atoms with Crippen LogP contribution in [0, 0.1) is 0 Å². The second-order valence-corrected chi connectivity index (χ2v) is 8.66. The lowest BCUT2D eigenvalue weighted by atomic mass is 10.1. The molecule has 0 spiro atoms. The van der Waals surface area contributed by atoms with E-state index in [0.29, 0.717) is 31.1 Å². The second kappa shape index (κ2) is 11.0. The van der Waals surface area contributed by atoms with Gasteiger partial charge in [-0.3, -0.25) is 14.6 Å². The summed E-state index contributed by atoms with van der Waals surface area (Å²) in [5.41, 5.74) is 7.31. The zero-order valence-corrected chi connectivity index (χ0v) is 20.4. The largest absolute Gasteiger partial charge is 0.483 e. The highest BCUT2D eigenvalue weighted by Crippen LogP contribution is 2.27. The molecule has 0 atom stereocenters. The number of hydrogen-bond acceptors (Lipinski definition) is 7. The summed E-state index contributed by atoms with van der Waals surface area (Å²) in [5, 5.41) is 6.89. The summed E-state index contributed by atoms with van der Waals surface area (Å²) < 4.78 is 5.33. The van der Waals surface area contributed by atoms with Gasteiger partial charge in [0.2, 0.25) is 5.88 Å². The minimum atomic E-state index is -0.250. The number of methoxy groups -OCH3 is 1. The minimum Gasteiger partial charge on any atom is -0.483 e. The van der Waals surface area contributed by atoms with Crippen LogP contribution >= 0.6 is 0 Å². The molecular formula is C26H28N6O4. The van der Waals surface area contributed by atoms with Crippen LogP contribution in [0.1, 0.15) is 27.3 Å². The van der Waals surface area contributed by atoms with E-state index in [1.54, 1.807) is 12.0 Å². The molecule has 4 heterocycles. The number of benzene rings is 1. The fourth-order valence-electron chi connectivity index (χ4n) is 4.29. The second-order valence-electron chi connectivity index (χ2n) is 8.66. The number of aromatic nitrogens is 4. The van der Waals surface area contributed by atoms with Crippen LogP contribution in [0.5, 0.6) is 5.88 Å². The summed E-state index contributed by atoms with van der Waals surface area (Å²) in [6.45, 7) is 1.67. The van der Waals surface area contributed by atoms with Crippen LogP contribution in [0.3, 0.4) is 0 Å². The topological polar surface area (TPSA) is 125 Å². The number of ether oxygens (including phenoxy) is 1. The van der Waals surface area contributed by atoms with Crippen molar-refractivity contribution in [2.24, 2.45) is 0 Å². The molecule has 1 aliphatic rings. The van der Waals surface area contributed by atoms with E-state index in [1.807, 2.05) is 18.3 Å². The van der Waals surface area contributed by atoms with E-state index < -0.39 is 0 Å². The van der Waals surface area contributed by atoms with Crippen LogP contribution in [0.4, 0.5) is 0 Å². The number of rotatable bonds is 5. The van der Waals surface area contributed by atoms with Gasteiger partial charge < -0.3 is 24.6 Å². The number of H-pyrrole nitrogens is 1. The molecule has 0 fully saturated rings. The molecule has 10 nitrogen and oxygen atoms in total. The van der Waals surface area contributed by atoms with Crippen LogP contribution in [-0.2, 0) is 24.3 Å². The van der Waals surface area contributed by atoms with Gasteiger partial charge in [0.05, 0.1) is 30.4 Å². The quantitative estimate of drug-likeness (QED) is 0.411. The third-order valence-corrected chi connectivity index (χ3v) is 5.93. The maximum absolute atomic E-state index is 13.2. The molecular weight excluding hydrogens is 460 g/mol. The highest BCUT2D eigenvalue weighted by atomic mass is 16.5. The lowest BCUT2D eigenvalue weighted by molar-refractivity contribution is -0.122. The molecule has 1 aliphatic heterocycles. The highest BCUT2D eigenvalue weighted by Gasteiger charge is 2.26. The molecule has 186 valence electrons. The standard InChI is InChI=1S/C25H26N6O2.CH2O2/c1-30(2)13-16-4-6-17(7-5-16)18-10-21-20(26-12-18)11-22(29-21)25(32)31-9-8-19-23(14-31)27-15-28-24(19)33-3;2-1-3/h4-7,10-12,15,29H,8-9,13-14H2,1-3H3;1H,(H,2,3). The molecule has 0 bridgehead atoms. The number of amides is 1. The fourth-order valence-corrected chi connectivity index (χ4v) is 4.29. The number of nitrogens with zero attached hydrogens (tertiary/aromatic N) is 5. The Morgan fingerprint density at radius 3 is 2.61 bits per heavy atom. The third-order valence-electron chi connectivity index (χ3n) is 5.93. The first kappa shape index (κ1) is 24.8.